The van der Waals surface area contributed by atoms with Crippen LogP contribution in [0.3, 0.4) is 0 Å². The highest BCUT2D eigenvalue weighted by Gasteiger charge is 2.67. The van der Waals surface area contributed by atoms with Gasteiger partial charge in [0.05, 0.1) is 5.41 Å². The van der Waals surface area contributed by atoms with E-state index in [4.69, 9.17) is 15.9 Å². The number of carbonyl (C=O) groups is 3. The first kappa shape index (κ1) is 32.0. The zero-order chi connectivity index (χ0) is 33.1. The number of ether oxygens (including phenoxy) is 2. The summed E-state index contributed by atoms with van der Waals surface area (Å²) in [7, 11) is 0. The van der Waals surface area contributed by atoms with E-state index < -0.39 is 11.4 Å². The largest absolute Gasteiger partial charge is 0.452 e. The van der Waals surface area contributed by atoms with Crippen LogP contribution in [-0.4, -0.2) is 24.3 Å². The molecule has 3 fully saturated rings. The SMILES string of the molecule is C#CCOC(=O)[C@]1(C)CC[C@]2(C)CC[C@]3(C)C4=CC=C5C(=CC(=O)C(OC(=O)/C=C/c6ccccc6)=C5C)[C@]4(C)CC[C@@]3(C)[C@@H]2C1. The number of terminal acetylenes is 1. The lowest BCUT2D eigenvalue weighted by atomic mass is 9.34. The average Bonchev–Trinajstić information content (AvgIpc) is 3.03. The fraction of sp³-hybridized carbons (Fsp3) is 0.488. The fourth-order valence-corrected chi connectivity index (χ4v) is 9.91. The highest BCUT2D eigenvalue weighted by molar-refractivity contribution is 6.08. The van der Waals surface area contributed by atoms with E-state index >= 15 is 0 Å². The van der Waals surface area contributed by atoms with E-state index in [1.54, 1.807) is 12.2 Å². The Labute approximate surface area is 273 Å². The summed E-state index contributed by atoms with van der Waals surface area (Å²) in [6, 6.07) is 9.52. The first-order valence-electron chi connectivity index (χ1n) is 16.7. The third-order valence-corrected chi connectivity index (χ3v) is 13.0. The summed E-state index contributed by atoms with van der Waals surface area (Å²) in [6.45, 7) is 13.6. The van der Waals surface area contributed by atoms with Crippen LogP contribution in [0.5, 0.6) is 0 Å². The zero-order valence-corrected chi connectivity index (χ0v) is 28.1. The molecule has 0 radical (unpaired) electrons. The van der Waals surface area contributed by atoms with Gasteiger partial charge >= 0.3 is 11.9 Å². The Morgan fingerprint density at radius 1 is 0.978 bits per heavy atom. The molecule has 0 spiro atoms. The molecular weight excluding hydrogens is 572 g/mol. The minimum atomic E-state index is -0.573. The molecule has 0 amide bonds. The number of fused-ring (bicyclic) bond motifs is 7. The van der Waals surface area contributed by atoms with Crippen molar-refractivity contribution < 1.29 is 23.9 Å². The van der Waals surface area contributed by atoms with Gasteiger partial charge in [-0.3, -0.25) is 9.59 Å². The summed E-state index contributed by atoms with van der Waals surface area (Å²) in [4.78, 5) is 39.7. The van der Waals surface area contributed by atoms with Crippen LogP contribution in [0, 0.1) is 45.3 Å². The van der Waals surface area contributed by atoms with Crippen molar-refractivity contribution in [3.05, 3.63) is 88.3 Å². The van der Waals surface area contributed by atoms with Gasteiger partial charge in [0.1, 0.15) is 0 Å². The lowest BCUT2D eigenvalue weighted by molar-refractivity contribution is -0.181. The maximum atomic E-state index is 13.6. The van der Waals surface area contributed by atoms with Crippen molar-refractivity contribution in [3.63, 3.8) is 0 Å². The highest BCUT2D eigenvalue weighted by Crippen LogP contribution is 2.75. The van der Waals surface area contributed by atoms with E-state index in [-0.39, 0.29) is 45.8 Å². The molecule has 0 unspecified atom stereocenters. The number of benzene rings is 1. The molecule has 1 aromatic carbocycles. The Kier molecular flexibility index (Phi) is 7.74. The summed E-state index contributed by atoms with van der Waals surface area (Å²) < 4.78 is 11.2. The van der Waals surface area contributed by atoms with Gasteiger partial charge in [-0.25, -0.2) is 4.79 Å². The maximum Gasteiger partial charge on any atom is 0.336 e. The molecule has 0 bridgehead atoms. The molecule has 46 heavy (non-hydrogen) atoms. The van der Waals surface area contributed by atoms with Crippen molar-refractivity contribution in [1.82, 2.24) is 0 Å². The second kappa shape index (κ2) is 11.1. The van der Waals surface area contributed by atoms with E-state index in [2.05, 4.69) is 52.7 Å². The zero-order valence-electron chi connectivity index (χ0n) is 28.1. The first-order chi connectivity index (χ1) is 21.7. The van der Waals surface area contributed by atoms with Crippen molar-refractivity contribution in [2.75, 3.05) is 6.61 Å². The molecule has 0 N–H and O–H groups in total. The molecule has 0 heterocycles. The second-order valence-corrected chi connectivity index (χ2v) is 15.5. The third-order valence-electron chi connectivity index (χ3n) is 13.0. The van der Waals surface area contributed by atoms with Crippen LogP contribution in [0.1, 0.15) is 92.1 Å². The van der Waals surface area contributed by atoms with Crippen LogP contribution >= 0.6 is 0 Å². The summed E-state index contributed by atoms with van der Waals surface area (Å²) in [5.41, 5.74) is 4.05. The topological polar surface area (TPSA) is 69.7 Å². The minimum absolute atomic E-state index is 0.0122. The first-order valence-corrected chi connectivity index (χ1v) is 16.7. The quantitative estimate of drug-likeness (QED) is 0.188. The van der Waals surface area contributed by atoms with Crippen LogP contribution in [0.2, 0.25) is 0 Å². The highest BCUT2D eigenvalue weighted by atomic mass is 16.5. The Morgan fingerprint density at radius 3 is 2.41 bits per heavy atom. The molecular formula is C41H46O5. The van der Waals surface area contributed by atoms with Crippen LogP contribution < -0.4 is 0 Å². The van der Waals surface area contributed by atoms with Gasteiger partial charge in [0.15, 0.2) is 12.4 Å². The number of esters is 2. The standard InChI is InChI=1S/C41H46O5/c1-8-24-45-36(44)38(4)19-18-37(3)20-22-40(6)32-16-15-29-27(2)35(46-34(43)17-14-28-12-10-9-11-13-28)31(42)25-30(29)39(32,5)21-23-41(40,7)33(37)26-38/h1,9-17,25,33H,18-24,26H2,2-7H3/b17-14+/t33-,37-,38-,39+,40-,41+/m1/s1. The molecule has 3 saturated carbocycles. The summed E-state index contributed by atoms with van der Waals surface area (Å²) in [5.74, 6) is 1.87. The van der Waals surface area contributed by atoms with E-state index in [1.165, 1.54) is 11.6 Å². The Bertz CT molecular complexity index is 1700. The predicted molar refractivity (Wildman–Crippen MR) is 180 cm³/mol. The summed E-state index contributed by atoms with van der Waals surface area (Å²) >= 11 is 0. The van der Waals surface area contributed by atoms with Crippen molar-refractivity contribution in [2.24, 2.45) is 33.0 Å². The molecule has 0 aliphatic heterocycles. The van der Waals surface area contributed by atoms with Gasteiger partial charge in [0.25, 0.3) is 0 Å². The summed E-state index contributed by atoms with van der Waals surface area (Å²) in [6.07, 6.45) is 21.2. The smallest absolute Gasteiger partial charge is 0.336 e. The van der Waals surface area contributed by atoms with Crippen molar-refractivity contribution in [1.29, 1.82) is 0 Å². The van der Waals surface area contributed by atoms with E-state index in [9.17, 15) is 14.4 Å². The Balaban J connectivity index is 1.32. The molecule has 5 aliphatic rings. The van der Waals surface area contributed by atoms with Crippen LogP contribution in [-0.2, 0) is 23.9 Å². The van der Waals surface area contributed by atoms with E-state index in [0.29, 0.717) is 11.5 Å². The Hall–Kier alpha value is -3.91. The number of rotatable bonds is 5. The van der Waals surface area contributed by atoms with Crippen LogP contribution in [0.15, 0.2) is 82.7 Å². The number of carbonyl (C=O) groups excluding carboxylic acids is 3. The van der Waals surface area contributed by atoms with Gasteiger partial charge in [-0.2, -0.15) is 0 Å². The normalized spacial score (nSPS) is 36.6. The molecule has 6 atom stereocenters. The van der Waals surface area contributed by atoms with Gasteiger partial charge in [0.2, 0.25) is 5.78 Å². The molecule has 5 heteroatoms. The summed E-state index contributed by atoms with van der Waals surface area (Å²) in [5, 5.41) is 0. The lowest BCUT2D eigenvalue weighted by Gasteiger charge is -2.70. The van der Waals surface area contributed by atoms with Gasteiger partial charge < -0.3 is 9.47 Å². The van der Waals surface area contributed by atoms with Gasteiger partial charge in [-0.05, 0) is 110 Å². The van der Waals surface area contributed by atoms with Gasteiger partial charge in [-0.15, -0.1) is 6.42 Å². The van der Waals surface area contributed by atoms with Gasteiger partial charge in [-0.1, -0.05) is 81.7 Å². The van der Waals surface area contributed by atoms with Crippen LogP contribution in [0.4, 0.5) is 0 Å². The molecule has 5 nitrogen and oxygen atoms in total. The average molecular weight is 619 g/mol. The molecule has 5 aliphatic carbocycles. The molecule has 1 aromatic rings. The molecule has 0 saturated heterocycles. The Morgan fingerprint density at radius 2 is 1.70 bits per heavy atom. The minimum Gasteiger partial charge on any atom is -0.452 e. The number of hydrogen-bond acceptors (Lipinski definition) is 5. The van der Waals surface area contributed by atoms with E-state index in [1.807, 2.05) is 37.3 Å². The molecule has 0 aromatic heterocycles. The van der Waals surface area contributed by atoms with Crippen LogP contribution in [0.25, 0.3) is 6.08 Å². The maximum absolute atomic E-state index is 13.6. The number of allylic oxidation sites excluding steroid dienone is 7. The number of ketones is 1. The lowest BCUT2D eigenvalue weighted by Crippen LogP contribution is -2.62. The molecule has 240 valence electrons. The van der Waals surface area contributed by atoms with E-state index in [0.717, 1.165) is 61.7 Å². The van der Waals surface area contributed by atoms with Crippen molar-refractivity contribution >= 4 is 23.8 Å². The fourth-order valence-electron chi connectivity index (χ4n) is 9.91. The monoisotopic (exact) mass is 618 g/mol. The molecule has 6 rings (SSSR count). The third kappa shape index (κ3) is 4.79. The van der Waals surface area contributed by atoms with Gasteiger partial charge in [0, 0.05) is 17.1 Å². The predicted octanol–water partition coefficient (Wildman–Crippen LogP) is 8.49. The van der Waals surface area contributed by atoms with Crippen molar-refractivity contribution in [2.45, 2.75) is 86.5 Å². The second-order valence-electron chi connectivity index (χ2n) is 15.5. The number of hydrogen-bond donors (Lipinski definition) is 0. The van der Waals surface area contributed by atoms with Crippen molar-refractivity contribution in [3.8, 4) is 12.3 Å².